The summed E-state index contributed by atoms with van der Waals surface area (Å²) in [5, 5.41) is 5.87. The maximum Gasteiger partial charge on any atom is 0.417 e. The third-order valence-electron chi connectivity index (χ3n) is 3.71. The van der Waals surface area contributed by atoms with Gasteiger partial charge in [0.15, 0.2) is 11.5 Å². The fourth-order valence-corrected chi connectivity index (χ4v) is 2.32. The van der Waals surface area contributed by atoms with Crippen LogP contribution in [-0.2, 0) is 11.0 Å². The molecule has 0 unspecified atom stereocenters. The van der Waals surface area contributed by atoms with Crippen LogP contribution in [0, 0.1) is 0 Å². The molecule has 0 bridgehead atoms. The number of hydrogen-bond acceptors (Lipinski definition) is 5. The van der Waals surface area contributed by atoms with E-state index in [1.807, 2.05) is 0 Å². The molecule has 0 aliphatic rings. The van der Waals surface area contributed by atoms with E-state index in [0.29, 0.717) is 11.5 Å². The van der Waals surface area contributed by atoms with Gasteiger partial charge in [-0.3, -0.25) is 9.59 Å². The summed E-state index contributed by atoms with van der Waals surface area (Å²) in [6.45, 7) is -0.425. The quantitative estimate of drug-likeness (QED) is 0.544. The Bertz CT molecular complexity index is 914. The van der Waals surface area contributed by atoms with Crippen LogP contribution in [0.15, 0.2) is 47.6 Å². The molecule has 29 heavy (non-hydrogen) atoms. The zero-order chi connectivity index (χ0) is 21.4. The van der Waals surface area contributed by atoms with Crippen LogP contribution in [0.5, 0.6) is 11.5 Å². The lowest BCUT2D eigenvalue weighted by Gasteiger charge is -2.10. The van der Waals surface area contributed by atoms with Crippen molar-refractivity contribution in [2.24, 2.45) is 5.10 Å². The van der Waals surface area contributed by atoms with Gasteiger partial charge in [-0.1, -0.05) is 18.2 Å². The van der Waals surface area contributed by atoms with Crippen molar-refractivity contribution in [2.75, 3.05) is 20.8 Å². The highest BCUT2D eigenvalue weighted by molar-refractivity contribution is 5.97. The number of ether oxygens (including phenoxy) is 2. The lowest BCUT2D eigenvalue weighted by Crippen LogP contribution is -2.34. The molecule has 0 heterocycles. The number of hydrazone groups is 1. The van der Waals surface area contributed by atoms with Crippen molar-refractivity contribution in [3.8, 4) is 11.5 Å². The van der Waals surface area contributed by atoms with E-state index < -0.39 is 30.1 Å². The Kier molecular flexibility index (Phi) is 7.18. The summed E-state index contributed by atoms with van der Waals surface area (Å²) in [5.41, 5.74) is 1.22. The zero-order valence-corrected chi connectivity index (χ0v) is 15.5. The number of halogens is 3. The van der Waals surface area contributed by atoms with Crippen molar-refractivity contribution in [2.45, 2.75) is 6.18 Å². The number of hydrogen-bond donors (Lipinski definition) is 2. The molecule has 154 valence electrons. The fraction of sp³-hybridized carbons (Fsp3) is 0.211. The molecule has 0 radical (unpaired) electrons. The first-order chi connectivity index (χ1) is 13.8. The highest BCUT2D eigenvalue weighted by atomic mass is 19.4. The third-order valence-corrected chi connectivity index (χ3v) is 3.71. The Morgan fingerprint density at radius 2 is 1.76 bits per heavy atom. The molecular weight excluding hydrogens is 391 g/mol. The van der Waals surface area contributed by atoms with Crippen LogP contribution in [0.4, 0.5) is 13.2 Å². The molecule has 0 atom stereocenters. The first-order valence-corrected chi connectivity index (χ1v) is 8.24. The summed E-state index contributed by atoms with van der Waals surface area (Å²) >= 11 is 0. The van der Waals surface area contributed by atoms with Crippen molar-refractivity contribution < 1.29 is 32.2 Å². The van der Waals surface area contributed by atoms with E-state index in [1.165, 1.54) is 50.6 Å². The SMILES string of the molecule is COc1ccc(C(=O)NCC(=O)N/N=C\c2ccccc2C(F)(F)F)cc1OC. The maximum atomic E-state index is 12.9. The van der Waals surface area contributed by atoms with E-state index in [4.69, 9.17) is 9.47 Å². The van der Waals surface area contributed by atoms with E-state index in [1.54, 1.807) is 0 Å². The molecule has 0 saturated carbocycles. The molecule has 10 heteroatoms. The van der Waals surface area contributed by atoms with Gasteiger partial charge in [0.25, 0.3) is 11.8 Å². The number of benzene rings is 2. The summed E-state index contributed by atoms with van der Waals surface area (Å²) in [4.78, 5) is 23.9. The number of nitrogens with one attached hydrogen (secondary N) is 2. The molecule has 2 rings (SSSR count). The van der Waals surface area contributed by atoms with Gasteiger partial charge in [0.1, 0.15) is 0 Å². The van der Waals surface area contributed by atoms with Crippen LogP contribution in [0.25, 0.3) is 0 Å². The molecule has 0 spiro atoms. The molecule has 2 amide bonds. The number of rotatable bonds is 7. The lowest BCUT2D eigenvalue weighted by atomic mass is 10.1. The predicted octanol–water partition coefficient (Wildman–Crippen LogP) is 2.60. The summed E-state index contributed by atoms with van der Waals surface area (Å²) in [6, 6.07) is 9.27. The van der Waals surface area contributed by atoms with Crippen molar-refractivity contribution in [1.82, 2.24) is 10.7 Å². The average molecular weight is 409 g/mol. The van der Waals surface area contributed by atoms with E-state index >= 15 is 0 Å². The van der Waals surface area contributed by atoms with Crippen LogP contribution in [0.1, 0.15) is 21.5 Å². The number of nitrogens with zero attached hydrogens (tertiary/aromatic N) is 1. The molecule has 2 aromatic carbocycles. The van der Waals surface area contributed by atoms with Crippen molar-refractivity contribution in [3.63, 3.8) is 0 Å². The second kappa shape index (κ2) is 9.58. The lowest BCUT2D eigenvalue weighted by molar-refractivity contribution is -0.137. The second-order valence-electron chi connectivity index (χ2n) is 5.63. The molecule has 7 nitrogen and oxygen atoms in total. The summed E-state index contributed by atoms with van der Waals surface area (Å²) < 4.78 is 48.9. The summed E-state index contributed by atoms with van der Waals surface area (Å²) in [5.74, 6) is -0.472. The van der Waals surface area contributed by atoms with E-state index in [0.717, 1.165) is 12.3 Å². The molecule has 0 aromatic heterocycles. The molecule has 2 aromatic rings. The van der Waals surface area contributed by atoms with Gasteiger partial charge in [0, 0.05) is 11.1 Å². The smallest absolute Gasteiger partial charge is 0.417 e. The standard InChI is InChI=1S/C19H18F3N3O4/c1-28-15-8-7-12(9-16(15)29-2)18(27)23-11-17(26)25-24-10-13-5-3-4-6-14(13)19(20,21)22/h3-10H,11H2,1-2H3,(H,23,27)(H,25,26)/b24-10-. The van der Waals surface area contributed by atoms with Crippen LogP contribution < -0.4 is 20.2 Å². The van der Waals surface area contributed by atoms with Crippen molar-refractivity contribution in [1.29, 1.82) is 0 Å². The topological polar surface area (TPSA) is 89.0 Å². The Morgan fingerprint density at radius 1 is 1.07 bits per heavy atom. The highest BCUT2D eigenvalue weighted by Crippen LogP contribution is 2.31. The van der Waals surface area contributed by atoms with Gasteiger partial charge in [0.2, 0.25) is 0 Å². The van der Waals surface area contributed by atoms with Crippen molar-refractivity contribution in [3.05, 3.63) is 59.2 Å². The number of carbonyl (C=O) groups is 2. The van der Waals surface area contributed by atoms with Crippen LogP contribution >= 0.6 is 0 Å². The highest BCUT2D eigenvalue weighted by Gasteiger charge is 2.32. The number of carbonyl (C=O) groups excluding carboxylic acids is 2. The van der Waals surface area contributed by atoms with Gasteiger partial charge in [-0.25, -0.2) is 5.43 Å². The Balaban J connectivity index is 1.92. The van der Waals surface area contributed by atoms with Gasteiger partial charge in [0.05, 0.1) is 32.5 Å². The minimum Gasteiger partial charge on any atom is -0.493 e. The van der Waals surface area contributed by atoms with Crippen LogP contribution in [-0.4, -0.2) is 38.8 Å². The minimum absolute atomic E-state index is 0.199. The zero-order valence-electron chi connectivity index (χ0n) is 15.5. The third kappa shape index (κ3) is 5.96. The molecular formula is C19H18F3N3O4. The molecule has 0 aliphatic heterocycles. The number of methoxy groups -OCH3 is 2. The first-order valence-electron chi connectivity index (χ1n) is 8.24. The molecule has 0 saturated heterocycles. The first kappa shape index (κ1) is 21.7. The van der Waals surface area contributed by atoms with Gasteiger partial charge in [-0.15, -0.1) is 0 Å². The van der Waals surface area contributed by atoms with E-state index in [9.17, 15) is 22.8 Å². The largest absolute Gasteiger partial charge is 0.493 e. The van der Waals surface area contributed by atoms with Crippen LogP contribution in [0.2, 0.25) is 0 Å². The average Bonchev–Trinajstić information content (AvgIpc) is 2.71. The van der Waals surface area contributed by atoms with Crippen molar-refractivity contribution >= 4 is 18.0 Å². The Hall–Kier alpha value is -3.56. The van der Waals surface area contributed by atoms with E-state index in [-0.39, 0.29) is 11.1 Å². The summed E-state index contributed by atoms with van der Waals surface area (Å²) in [6.07, 6.45) is -3.66. The Morgan fingerprint density at radius 3 is 2.41 bits per heavy atom. The van der Waals surface area contributed by atoms with Gasteiger partial charge < -0.3 is 14.8 Å². The van der Waals surface area contributed by atoms with Gasteiger partial charge >= 0.3 is 6.18 Å². The van der Waals surface area contributed by atoms with Gasteiger partial charge in [-0.2, -0.15) is 18.3 Å². The maximum absolute atomic E-state index is 12.9. The molecule has 2 N–H and O–H groups in total. The monoisotopic (exact) mass is 409 g/mol. The summed E-state index contributed by atoms with van der Waals surface area (Å²) in [7, 11) is 2.87. The normalized spacial score (nSPS) is 11.2. The minimum atomic E-state index is -4.54. The second-order valence-corrected chi connectivity index (χ2v) is 5.63. The number of amides is 2. The van der Waals surface area contributed by atoms with E-state index in [2.05, 4.69) is 15.8 Å². The molecule has 0 fully saturated rings. The van der Waals surface area contributed by atoms with Gasteiger partial charge in [-0.05, 0) is 24.3 Å². The molecule has 0 aliphatic carbocycles. The predicted molar refractivity (Wildman–Crippen MR) is 99.1 cm³/mol. The fourth-order valence-electron chi connectivity index (χ4n) is 2.32. The Labute approximate surface area is 164 Å². The van der Waals surface area contributed by atoms with Crippen LogP contribution in [0.3, 0.4) is 0 Å². The number of alkyl halides is 3.